The second-order valence-electron chi connectivity index (χ2n) is 14.6. The van der Waals surface area contributed by atoms with E-state index in [2.05, 4.69) is 0 Å². The summed E-state index contributed by atoms with van der Waals surface area (Å²) in [6.45, 7) is 7.12. The van der Waals surface area contributed by atoms with Gasteiger partial charge in [0.1, 0.15) is 6.10 Å². The quantitative estimate of drug-likeness (QED) is 0.169. The van der Waals surface area contributed by atoms with Crippen molar-refractivity contribution in [2.45, 2.75) is 146 Å². The van der Waals surface area contributed by atoms with Crippen LogP contribution in [0.15, 0.2) is 85.1 Å². The van der Waals surface area contributed by atoms with E-state index in [9.17, 15) is 45.6 Å². The van der Waals surface area contributed by atoms with E-state index < -0.39 is 66.7 Å². The van der Waals surface area contributed by atoms with Crippen LogP contribution < -0.4 is 0 Å². The summed E-state index contributed by atoms with van der Waals surface area (Å²) in [5, 5.41) is 85.2. The third-order valence-electron chi connectivity index (χ3n) is 9.79. The van der Waals surface area contributed by atoms with Crippen molar-refractivity contribution >= 4 is 5.97 Å². The highest BCUT2D eigenvalue weighted by molar-refractivity contribution is 5.70. The fourth-order valence-corrected chi connectivity index (χ4v) is 6.39. The first kappa shape index (κ1) is 45.4. The molecule has 2 rings (SSSR count). The van der Waals surface area contributed by atoms with Crippen LogP contribution in [0.5, 0.6) is 0 Å². The molecule has 1 fully saturated rings. The minimum absolute atomic E-state index is 0.0438. The maximum absolute atomic E-state index is 12.5. The van der Waals surface area contributed by atoms with Crippen molar-refractivity contribution in [2.75, 3.05) is 0 Å². The predicted molar refractivity (Wildman–Crippen MR) is 200 cm³/mol. The van der Waals surface area contributed by atoms with Gasteiger partial charge in [0, 0.05) is 37.0 Å². The molecule has 0 amide bonds. The molecule has 0 saturated carbocycles. The van der Waals surface area contributed by atoms with Gasteiger partial charge < -0.3 is 50.3 Å². The first-order valence-electron chi connectivity index (χ1n) is 18.6. The van der Waals surface area contributed by atoms with Gasteiger partial charge in [-0.1, -0.05) is 106 Å². The monoisotopic (exact) mass is 732 g/mol. The summed E-state index contributed by atoms with van der Waals surface area (Å²) in [6.07, 6.45) is 17.6. The molecule has 294 valence electrons. The molecular formula is C41H64O11. The third-order valence-corrected chi connectivity index (χ3v) is 9.79. The predicted octanol–water partition coefficient (Wildman–Crippen LogP) is 3.86. The molecule has 0 spiro atoms. The Hall–Kier alpha value is -2.71. The van der Waals surface area contributed by atoms with Gasteiger partial charge in [0.05, 0.1) is 55.3 Å². The van der Waals surface area contributed by atoms with Gasteiger partial charge in [-0.3, -0.25) is 4.79 Å². The Morgan fingerprint density at radius 1 is 0.615 bits per heavy atom. The molecule has 0 aliphatic carbocycles. The van der Waals surface area contributed by atoms with Crippen LogP contribution in [0.3, 0.4) is 0 Å². The average Bonchev–Trinajstić information content (AvgIpc) is 3.05. The van der Waals surface area contributed by atoms with Gasteiger partial charge in [-0.2, -0.15) is 0 Å². The largest absolute Gasteiger partial charge is 0.462 e. The normalized spacial score (nSPS) is 39.3. The molecule has 12 unspecified atom stereocenters. The maximum atomic E-state index is 12.5. The summed E-state index contributed by atoms with van der Waals surface area (Å²) in [7, 11) is 0. The van der Waals surface area contributed by atoms with E-state index in [1.165, 1.54) is 0 Å². The number of esters is 1. The SMILES string of the molecule is CC1C=CC=CC=CC=CC=CC=CC=CC(O)CC2OC(O)(CC(O)CCCC(O)CC(O)CC(O)CC(=O)OC(C)[C@H](C)C1O)CC(O)C2C. The van der Waals surface area contributed by atoms with E-state index in [1.807, 2.05) is 73.8 Å². The minimum Gasteiger partial charge on any atom is -0.462 e. The molecule has 2 heterocycles. The van der Waals surface area contributed by atoms with Gasteiger partial charge in [0.25, 0.3) is 0 Å². The second-order valence-corrected chi connectivity index (χ2v) is 14.6. The Kier molecular flexibility index (Phi) is 20.8. The summed E-state index contributed by atoms with van der Waals surface area (Å²) in [6, 6.07) is 0. The first-order valence-corrected chi connectivity index (χ1v) is 18.6. The Morgan fingerprint density at radius 3 is 1.73 bits per heavy atom. The van der Waals surface area contributed by atoms with E-state index in [1.54, 1.807) is 39.0 Å². The van der Waals surface area contributed by atoms with E-state index in [4.69, 9.17) is 9.47 Å². The van der Waals surface area contributed by atoms with Crippen LogP contribution >= 0.6 is 0 Å². The van der Waals surface area contributed by atoms with Crippen molar-refractivity contribution in [3.05, 3.63) is 85.1 Å². The van der Waals surface area contributed by atoms with Crippen LogP contribution in [-0.4, -0.2) is 108 Å². The number of cyclic esters (lactones) is 1. The molecule has 0 radical (unpaired) electrons. The van der Waals surface area contributed by atoms with Crippen molar-refractivity contribution in [1.82, 2.24) is 0 Å². The lowest BCUT2D eigenvalue weighted by Gasteiger charge is -2.44. The van der Waals surface area contributed by atoms with Crippen LogP contribution in [0.1, 0.15) is 85.5 Å². The summed E-state index contributed by atoms with van der Waals surface area (Å²) >= 11 is 0. The lowest BCUT2D eigenvalue weighted by Crippen LogP contribution is -2.52. The molecule has 8 N–H and O–H groups in total. The van der Waals surface area contributed by atoms with Gasteiger partial charge in [0.2, 0.25) is 0 Å². The van der Waals surface area contributed by atoms with Gasteiger partial charge >= 0.3 is 5.97 Å². The summed E-state index contributed by atoms with van der Waals surface area (Å²) < 4.78 is 11.4. The number of hydrogen-bond acceptors (Lipinski definition) is 11. The number of aliphatic hydroxyl groups excluding tert-OH is 7. The molecule has 0 aromatic rings. The molecule has 11 nitrogen and oxygen atoms in total. The zero-order valence-electron chi connectivity index (χ0n) is 31.2. The lowest BCUT2D eigenvalue weighted by molar-refractivity contribution is -0.299. The molecule has 2 aliphatic heterocycles. The van der Waals surface area contributed by atoms with E-state index in [0.29, 0.717) is 6.42 Å². The molecule has 52 heavy (non-hydrogen) atoms. The molecule has 2 aliphatic rings. The molecule has 13 atom stereocenters. The number of fused-ring (bicyclic) bond motifs is 2. The van der Waals surface area contributed by atoms with Gasteiger partial charge in [-0.25, -0.2) is 0 Å². The summed E-state index contributed by atoms with van der Waals surface area (Å²) in [5.41, 5.74) is 0. The maximum Gasteiger partial charge on any atom is 0.308 e. The van der Waals surface area contributed by atoms with Crippen LogP contribution in [0, 0.1) is 17.8 Å². The van der Waals surface area contributed by atoms with Crippen molar-refractivity contribution in [3.8, 4) is 0 Å². The first-order chi connectivity index (χ1) is 24.6. The fourth-order valence-electron chi connectivity index (χ4n) is 6.39. The Labute approximate surface area is 309 Å². The van der Waals surface area contributed by atoms with Crippen molar-refractivity contribution in [1.29, 1.82) is 0 Å². The Bertz CT molecular complexity index is 1240. The molecule has 1 saturated heterocycles. The van der Waals surface area contributed by atoms with Crippen LogP contribution in [0.4, 0.5) is 0 Å². The summed E-state index contributed by atoms with van der Waals surface area (Å²) in [5.74, 6) is -3.41. The number of ether oxygens (including phenoxy) is 2. The zero-order valence-corrected chi connectivity index (χ0v) is 31.2. The smallest absolute Gasteiger partial charge is 0.308 e. The molecule has 0 aromatic heterocycles. The standard InChI is InChI=1S/C41H64O11/c1-28-18-15-13-11-9-7-5-6-8-10-12-14-16-19-33(43)24-38-30(3)37(47)27-41(50,52-38)26-34(44)21-17-20-32(42)22-35(45)23-36(46)25-39(48)51-31(4)29(2)40(28)49/h5-16,18-19,28-38,40,42-47,49-50H,17,20-27H2,1-4H3/t28?,29-,30?,31?,32?,33?,34?,35?,36?,37?,38?,40?,41?/m0/s1. The topological polar surface area (TPSA) is 197 Å². The number of allylic oxidation sites excluding steroid dienone is 12. The highest BCUT2D eigenvalue weighted by Crippen LogP contribution is 2.36. The van der Waals surface area contributed by atoms with Crippen LogP contribution in [0.25, 0.3) is 0 Å². The highest BCUT2D eigenvalue weighted by atomic mass is 16.6. The highest BCUT2D eigenvalue weighted by Gasteiger charge is 2.45. The van der Waals surface area contributed by atoms with Gasteiger partial charge in [-0.15, -0.1) is 0 Å². The number of aliphatic hydroxyl groups is 8. The number of rotatable bonds is 0. The number of hydrogen-bond donors (Lipinski definition) is 8. The fraction of sp³-hybridized carbons (Fsp3) is 0.634. The average molecular weight is 733 g/mol. The van der Waals surface area contributed by atoms with Gasteiger partial charge in [0.15, 0.2) is 5.79 Å². The zero-order chi connectivity index (χ0) is 38.7. The number of carbonyl (C=O) groups is 1. The van der Waals surface area contributed by atoms with E-state index in [-0.39, 0.29) is 69.1 Å². The van der Waals surface area contributed by atoms with E-state index in [0.717, 1.165) is 0 Å². The van der Waals surface area contributed by atoms with Crippen LogP contribution in [-0.2, 0) is 14.3 Å². The summed E-state index contributed by atoms with van der Waals surface area (Å²) in [4.78, 5) is 12.5. The van der Waals surface area contributed by atoms with Crippen molar-refractivity contribution in [2.24, 2.45) is 17.8 Å². The van der Waals surface area contributed by atoms with Crippen molar-refractivity contribution < 1.29 is 55.1 Å². The molecule has 11 heteroatoms. The molecule has 0 aromatic carbocycles. The third kappa shape index (κ3) is 17.9. The molecule has 2 bridgehead atoms. The van der Waals surface area contributed by atoms with Crippen molar-refractivity contribution in [3.63, 3.8) is 0 Å². The molecular weight excluding hydrogens is 668 g/mol. The Morgan fingerprint density at radius 2 is 1.13 bits per heavy atom. The lowest BCUT2D eigenvalue weighted by atomic mass is 9.84. The second kappa shape index (κ2) is 23.9. The minimum atomic E-state index is -1.80. The Balaban J connectivity index is 2.09. The number of carbonyl (C=O) groups excluding carboxylic acids is 1. The van der Waals surface area contributed by atoms with Gasteiger partial charge in [-0.05, 0) is 39.0 Å². The van der Waals surface area contributed by atoms with E-state index >= 15 is 0 Å². The van der Waals surface area contributed by atoms with Crippen LogP contribution in [0.2, 0.25) is 0 Å².